The van der Waals surface area contributed by atoms with Gasteiger partial charge in [0.05, 0.1) is 0 Å². The predicted octanol–water partition coefficient (Wildman–Crippen LogP) is 2.80. The largest absolute Gasteiger partial charge is 0.480 e. The minimum absolute atomic E-state index is 0.305. The third kappa shape index (κ3) is 3.21. The van der Waals surface area contributed by atoms with Gasteiger partial charge in [-0.2, -0.15) is 0 Å². The lowest BCUT2D eigenvalue weighted by atomic mass is 9.83. The van der Waals surface area contributed by atoms with E-state index < -0.39 is 5.97 Å². The molecule has 0 aromatic heterocycles. The van der Waals surface area contributed by atoms with Gasteiger partial charge in [-0.1, -0.05) is 32.6 Å². The highest BCUT2D eigenvalue weighted by molar-refractivity contribution is 5.74. The van der Waals surface area contributed by atoms with E-state index in [-0.39, 0.29) is 6.04 Å². The summed E-state index contributed by atoms with van der Waals surface area (Å²) in [5.41, 5.74) is 0. The van der Waals surface area contributed by atoms with Crippen molar-refractivity contribution in [2.24, 2.45) is 11.8 Å². The van der Waals surface area contributed by atoms with E-state index in [9.17, 15) is 9.90 Å². The van der Waals surface area contributed by atoms with Crippen LogP contribution < -0.4 is 5.32 Å². The van der Waals surface area contributed by atoms with Crippen LogP contribution in [0.4, 0.5) is 0 Å². The van der Waals surface area contributed by atoms with Crippen LogP contribution in [-0.4, -0.2) is 23.2 Å². The molecule has 2 saturated carbocycles. The number of hydrogen-bond acceptors (Lipinski definition) is 2. The Morgan fingerprint density at radius 3 is 2.35 bits per heavy atom. The molecule has 2 aliphatic carbocycles. The Morgan fingerprint density at radius 2 is 1.82 bits per heavy atom. The van der Waals surface area contributed by atoms with E-state index >= 15 is 0 Å². The number of carboxylic acids is 1. The molecule has 0 spiro atoms. The van der Waals surface area contributed by atoms with Crippen LogP contribution in [0.25, 0.3) is 0 Å². The molecule has 2 N–H and O–H groups in total. The van der Waals surface area contributed by atoms with E-state index in [0.717, 1.165) is 19.3 Å². The van der Waals surface area contributed by atoms with Crippen LogP contribution in [0, 0.1) is 11.8 Å². The summed E-state index contributed by atoms with van der Waals surface area (Å²) in [7, 11) is 0. The van der Waals surface area contributed by atoms with Crippen LogP contribution in [0.3, 0.4) is 0 Å². The average Bonchev–Trinajstić information content (AvgIpc) is 2.72. The fraction of sp³-hybridized carbons (Fsp3) is 0.929. The lowest BCUT2D eigenvalue weighted by Crippen LogP contribution is -2.49. The fourth-order valence-corrected chi connectivity index (χ4v) is 3.50. The average molecular weight is 239 g/mol. The van der Waals surface area contributed by atoms with Crippen LogP contribution in [-0.2, 0) is 4.79 Å². The molecular weight excluding hydrogens is 214 g/mol. The molecule has 0 aromatic carbocycles. The highest BCUT2D eigenvalue weighted by Crippen LogP contribution is 2.30. The maximum Gasteiger partial charge on any atom is 0.320 e. The van der Waals surface area contributed by atoms with Gasteiger partial charge < -0.3 is 10.4 Å². The maximum absolute atomic E-state index is 11.4. The number of carbonyl (C=O) groups is 1. The van der Waals surface area contributed by atoms with Crippen molar-refractivity contribution in [1.29, 1.82) is 0 Å². The monoisotopic (exact) mass is 239 g/mol. The number of carboxylic acid groups (broad SMARTS) is 1. The quantitative estimate of drug-likeness (QED) is 0.793. The first kappa shape index (κ1) is 12.9. The molecule has 0 bridgehead atoms. The lowest BCUT2D eigenvalue weighted by molar-refractivity contribution is -0.141. The Balaban J connectivity index is 1.94. The molecule has 98 valence electrons. The smallest absolute Gasteiger partial charge is 0.320 e. The van der Waals surface area contributed by atoms with E-state index in [0.29, 0.717) is 17.9 Å². The second-order valence-electron chi connectivity index (χ2n) is 5.90. The molecule has 3 heteroatoms. The molecule has 17 heavy (non-hydrogen) atoms. The van der Waals surface area contributed by atoms with Crippen LogP contribution in [0.1, 0.15) is 58.3 Å². The Hall–Kier alpha value is -0.570. The Morgan fingerprint density at radius 1 is 1.12 bits per heavy atom. The van der Waals surface area contributed by atoms with E-state index in [1.54, 1.807) is 0 Å². The van der Waals surface area contributed by atoms with Crippen LogP contribution >= 0.6 is 0 Å². The zero-order valence-electron chi connectivity index (χ0n) is 10.8. The molecule has 0 aliphatic heterocycles. The van der Waals surface area contributed by atoms with Gasteiger partial charge in [0.2, 0.25) is 0 Å². The van der Waals surface area contributed by atoms with Gasteiger partial charge in [0.25, 0.3) is 0 Å². The van der Waals surface area contributed by atoms with Gasteiger partial charge in [-0.05, 0) is 37.5 Å². The molecule has 2 unspecified atom stereocenters. The third-order valence-electron chi connectivity index (χ3n) is 4.64. The minimum Gasteiger partial charge on any atom is -0.480 e. The van der Waals surface area contributed by atoms with Gasteiger partial charge in [0.15, 0.2) is 0 Å². The molecule has 2 aliphatic rings. The molecule has 2 rings (SSSR count). The van der Waals surface area contributed by atoms with Crippen molar-refractivity contribution in [3.05, 3.63) is 0 Å². The normalized spacial score (nSPS) is 32.5. The van der Waals surface area contributed by atoms with Crippen molar-refractivity contribution < 1.29 is 9.90 Å². The zero-order valence-corrected chi connectivity index (χ0v) is 10.8. The van der Waals surface area contributed by atoms with E-state index in [4.69, 9.17) is 0 Å². The minimum atomic E-state index is -0.643. The summed E-state index contributed by atoms with van der Waals surface area (Å²) in [5.74, 6) is 0.352. The topological polar surface area (TPSA) is 49.3 Å². The Kier molecular flexibility index (Phi) is 4.43. The van der Waals surface area contributed by atoms with Crippen LogP contribution in [0.2, 0.25) is 0 Å². The van der Waals surface area contributed by atoms with Crippen molar-refractivity contribution in [2.45, 2.75) is 70.4 Å². The first-order chi connectivity index (χ1) is 8.18. The van der Waals surface area contributed by atoms with Crippen molar-refractivity contribution in [1.82, 2.24) is 5.32 Å². The number of hydrogen-bond donors (Lipinski definition) is 2. The number of rotatable bonds is 4. The zero-order chi connectivity index (χ0) is 12.3. The Labute approximate surface area is 104 Å². The molecular formula is C14H25NO2. The third-order valence-corrected chi connectivity index (χ3v) is 4.64. The first-order valence-electron chi connectivity index (χ1n) is 7.17. The van der Waals surface area contributed by atoms with Crippen molar-refractivity contribution in [3.8, 4) is 0 Å². The highest BCUT2D eigenvalue weighted by Gasteiger charge is 2.33. The van der Waals surface area contributed by atoms with Gasteiger partial charge in [-0.3, -0.25) is 4.79 Å². The summed E-state index contributed by atoms with van der Waals surface area (Å²) in [6.07, 6.45) is 9.51. The van der Waals surface area contributed by atoms with E-state index in [1.807, 2.05) is 0 Å². The van der Waals surface area contributed by atoms with E-state index in [2.05, 4.69) is 12.2 Å². The Bertz CT molecular complexity index is 261. The van der Waals surface area contributed by atoms with Crippen LogP contribution in [0.5, 0.6) is 0 Å². The first-order valence-corrected chi connectivity index (χ1v) is 7.17. The summed E-state index contributed by atoms with van der Waals surface area (Å²) in [6.45, 7) is 2.24. The second-order valence-corrected chi connectivity index (χ2v) is 5.90. The molecule has 0 heterocycles. The second kappa shape index (κ2) is 5.85. The molecule has 2 fully saturated rings. The summed E-state index contributed by atoms with van der Waals surface area (Å²) in [4.78, 5) is 11.4. The summed E-state index contributed by atoms with van der Waals surface area (Å²) >= 11 is 0. The standard InChI is InChI=1S/C14H25NO2/c1-10-6-5-9-12(10)15-13(14(16)17)11-7-3-2-4-8-11/h10-13,15H,2-9H2,1H3,(H,16,17)/t10?,12?,13-/m0/s1. The molecule has 3 atom stereocenters. The highest BCUT2D eigenvalue weighted by atomic mass is 16.4. The molecule has 3 nitrogen and oxygen atoms in total. The maximum atomic E-state index is 11.4. The van der Waals surface area contributed by atoms with Crippen molar-refractivity contribution >= 4 is 5.97 Å². The summed E-state index contributed by atoms with van der Waals surface area (Å²) in [6, 6.07) is 0.124. The van der Waals surface area contributed by atoms with Crippen LogP contribution in [0.15, 0.2) is 0 Å². The lowest BCUT2D eigenvalue weighted by Gasteiger charge is -2.31. The summed E-state index contributed by atoms with van der Waals surface area (Å²) in [5, 5.41) is 12.8. The number of aliphatic carboxylic acids is 1. The predicted molar refractivity (Wildman–Crippen MR) is 67.9 cm³/mol. The molecule has 0 aromatic rings. The molecule has 0 saturated heterocycles. The molecule has 0 radical (unpaired) electrons. The van der Waals surface area contributed by atoms with Gasteiger partial charge in [0, 0.05) is 6.04 Å². The van der Waals surface area contributed by atoms with E-state index in [1.165, 1.54) is 32.1 Å². The molecule has 0 amide bonds. The van der Waals surface area contributed by atoms with Gasteiger partial charge in [-0.25, -0.2) is 0 Å². The van der Waals surface area contributed by atoms with Gasteiger partial charge in [0.1, 0.15) is 6.04 Å². The van der Waals surface area contributed by atoms with Gasteiger partial charge >= 0.3 is 5.97 Å². The SMILES string of the molecule is CC1CCCC1N[C@H](C(=O)O)C1CCCCC1. The van der Waals surface area contributed by atoms with Gasteiger partial charge in [-0.15, -0.1) is 0 Å². The fourth-order valence-electron chi connectivity index (χ4n) is 3.50. The van der Waals surface area contributed by atoms with Crippen molar-refractivity contribution in [2.75, 3.05) is 0 Å². The number of nitrogens with one attached hydrogen (secondary N) is 1. The summed E-state index contributed by atoms with van der Waals surface area (Å²) < 4.78 is 0. The van der Waals surface area contributed by atoms with Crippen molar-refractivity contribution in [3.63, 3.8) is 0 Å².